The molecule has 0 saturated heterocycles. The van der Waals surface area contributed by atoms with Crippen LogP contribution in [0.25, 0.3) is 17.0 Å². The molecule has 0 atom stereocenters. The maximum Gasteiger partial charge on any atom is 0.214 e. The highest BCUT2D eigenvalue weighted by Gasteiger charge is 2.10. The highest BCUT2D eigenvalue weighted by Crippen LogP contribution is 2.24. The van der Waals surface area contributed by atoms with Gasteiger partial charge < -0.3 is 9.73 Å². The Labute approximate surface area is 177 Å². The van der Waals surface area contributed by atoms with Gasteiger partial charge in [-0.05, 0) is 46.8 Å². The highest BCUT2D eigenvalue weighted by atomic mass is 35.5. The second-order valence-electron chi connectivity index (χ2n) is 5.98. The van der Waals surface area contributed by atoms with E-state index < -0.39 is 0 Å². The molecule has 2 aromatic carbocycles. The molecule has 4 aromatic rings. The Kier molecular flexibility index (Phi) is 7.40. The van der Waals surface area contributed by atoms with Crippen molar-refractivity contribution in [3.8, 4) is 17.0 Å². The van der Waals surface area contributed by atoms with Crippen molar-refractivity contribution in [2.45, 2.75) is 11.7 Å². The molecule has 1 N–H and O–H groups in total. The van der Waals surface area contributed by atoms with Crippen molar-refractivity contribution in [2.75, 3.05) is 12.3 Å². The Bertz CT molecular complexity index is 1040. The van der Waals surface area contributed by atoms with Crippen molar-refractivity contribution in [3.63, 3.8) is 0 Å². The first kappa shape index (κ1) is 21.0. The quantitative estimate of drug-likeness (QED) is 0.330. The first-order chi connectivity index (χ1) is 13.8. The maximum absolute atomic E-state index is 13.8. The normalized spacial score (nSPS) is 10.7. The molecule has 0 amide bonds. The number of para-hydroxylation sites is 1. The first-order valence-corrected chi connectivity index (χ1v) is 9.81. The predicted octanol–water partition coefficient (Wildman–Crippen LogP) is 4.37. The number of aromatic nitrogens is 4. The summed E-state index contributed by atoms with van der Waals surface area (Å²) in [7, 11) is 0. The van der Waals surface area contributed by atoms with Crippen LogP contribution in [0.15, 0.2) is 76.3 Å². The van der Waals surface area contributed by atoms with E-state index in [1.165, 1.54) is 6.07 Å². The Balaban J connectivity index is 0.00000240. The molecule has 2 heterocycles. The zero-order chi connectivity index (χ0) is 19.2. The van der Waals surface area contributed by atoms with Gasteiger partial charge in [-0.25, -0.2) is 4.39 Å². The lowest BCUT2D eigenvalue weighted by Crippen LogP contribution is -2.16. The number of tetrazole rings is 1. The van der Waals surface area contributed by atoms with Crippen molar-refractivity contribution in [1.29, 1.82) is 0 Å². The molecular weight excluding hydrogens is 413 g/mol. The fourth-order valence-electron chi connectivity index (χ4n) is 2.70. The smallest absolute Gasteiger partial charge is 0.214 e. The van der Waals surface area contributed by atoms with Crippen LogP contribution < -0.4 is 5.32 Å². The molecule has 0 aliphatic heterocycles. The summed E-state index contributed by atoms with van der Waals surface area (Å²) in [5, 5.41) is 15.9. The molecule has 0 unspecified atom stereocenters. The monoisotopic (exact) mass is 431 g/mol. The minimum atomic E-state index is -0.288. The van der Waals surface area contributed by atoms with Crippen LogP contribution in [0, 0.1) is 5.82 Å². The topological polar surface area (TPSA) is 68.8 Å². The van der Waals surface area contributed by atoms with E-state index in [9.17, 15) is 4.39 Å². The summed E-state index contributed by atoms with van der Waals surface area (Å²) in [6, 6.07) is 20.0. The molecule has 6 nitrogen and oxygen atoms in total. The average molecular weight is 432 g/mol. The lowest BCUT2D eigenvalue weighted by Gasteiger charge is -2.05. The SMILES string of the molecule is Cl.Fc1ccccc1-c1ccc(CNCCSc2nnnn2-c2ccccc2)o1. The van der Waals surface area contributed by atoms with Gasteiger partial charge in [-0.2, -0.15) is 4.68 Å². The third-order valence-corrected chi connectivity index (χ3v) is 4.97. The van der Waals surface area contributed by atoms with E-state index >= 15 is 0 Å². The van der Waals surface area contributed by atoms with Gasteiger partial charge in [-0.1, -0.05) is 42.1 Å². The van der Waals surface area contributed by atoms with Crippen LogP contribution in [-0.2, 0) is 6.54 Å². The number of nitrogens with one attached hydrogen (secondary N) is 1. The summed E-state index contributed by atoms with van der Waals surface area (Å²) in [5.74, 6) is 1.81. The molecule has 0 aliphatic carbocycles. The number of rotatable bonds is 8. The Morgan fingerprint density at radius 2 is 1.79 bits per heavy atom. The van der Waals surface area contributed by atoms with Crippen LogP contribution in [0.4, 0.5) is 4.39 Å². The summed E-state index contributed by atoms with van der Waals surface area (Å²) in [6.07, 6.45) is 0. The third kappa shape index (κ3) is 5.23. The molecule has 4 rings (SSSR count). The van der Waals surface area contributed by atoms with Crippen molar-refractivity contribution in [3.05, 3.63) is 78.3 Å². The van der Waals surface area contributed by atoms with Gasteiger partial charge in [0.05, 0.1) is 17.8 Å². The van der Waals surface area contributed by atoms with Crippen molar-refractivity contribution in [2.24, 2.45) is 0 Å². The van der Waals surface area contributed by atoms with E-state index in [1.54, 1.807) is 40.7 Å². The van der Waals surface area contributed by atoms with Gasteiger partial charge in [0, 0.05) is 12.3 Å². The van der Waals surface area contributed by atoms with Gasteiger partial charge in [-0.15, -0.1) is 17.5 Å². The lowest BCUT2D eigenvalue weighted by atomic mass is 10.1. The lowest BCUT2D eigenvalue weighted by molar-refractivity contribution is 0.495. The van der Waals surface area contributed by atoms with Gasteiger partial charge >= 0.3 is 0 Å². The predicted molar refractivity (Wildman–Crippen MR) is 113 cm³/mol. The van der Waals surface area contributed by atoms with Gasteiger partial charge in [0.15, 0.2) is 0 Å². The van der Waals surface area contributed by atoms with Crippen molar-refractivity contribution < 1.29 is 8.81 Å². The first-order valence-electron chi connectivity index (χ1n) is 8.82. The molecule has 0 spiro atoms. The van der Waals surface area contributed by atoms with Gasteiger partial charge in [0.1, 0.15) is 17.3 Å². The number of hydrogen-bond donors (Lipinski definition) is 1. The molecule has 150 valence electrons. The van der Waals surface area contributed by atoms with Crippen LogP contribution in [0.1, 0.15) is 5.76 Å². The standard InChI is InChI=1S/C20H18FN5OS.ClH/c21-18-9-5-4-8-17(18)19-11-10-16(27-19)14-22-12-13-28-20-23-24-25-26(20)15-6-2-1-3-7-15;/h1-11,22H,12-14H2;1H. The summed E-state index contributed by atoms with van der Waals surface area (Å²) in [4.78, 5) is 0. The van der Waals surface area contributed by atoms with E-state index in [0.717, 1.165) is 28.9 Å². The molecule has 29 heavy (non-hydrogen) atoms. The second kappa shape index (κ2) is 10.2. The zero-order valence-corrected chi connectivity index (χ0v) is 17.0. The van der Waals surface area contributed by atoms with Crippen LogP contribution >= 0.6 is 24.2 Å². The number of hydrogen-bond acceptors (Lipinski definition) is 6. The molecule has 0 bridgehead atoms. The fraction of sp³-hybridized carbons (Fsp3) is 0.150. The van der Waals surface area contributed by atoms with Crippen molar-refractivity contribution >= 4 is 24.2 Å². The largest absolute Gasteiger partial charge is 0.460 e. The molecule has 0 saturated carbocycles. The number of benzene rings is 2. The van der Waals surface area contributed by atoms with Gasteiger partial charge in [0.25, 0.3) is 0 Å². The van der Waals surface area contributed by atoms with Gasteiger partial charge in [0.2, 0.25) is 5.16 Å². The Morgan fingerprint density at radius 3 is 2.62 bits per heavy atom. The molecule has 0 radical (unpaired) electrons. The summed E-state index contributed by atoms with van der Waals surface area (Å²) >= 11 is 1.57. The van der Waals surface area contributed by atoms with Crippen molar-refractivity contribution in [1.82, 2.24) is 25.5 Å². The number of thioether (sulfide) groups is 1. The minimum absolute atomic E-state index is 0. The molecule has 0 fully saturated rings. The summed E-state index contributed by atoms with van der Waals surface area (Å²) < 4.78 is 21.3. The van der Waals surface area contributed by atoms with E-state index in [-0.39, 0.29) is 18.2 Å². The van der Waals surface area contributed by atoms with Crippen LogP contribution in [0.2, 0.25) is 0 Å². The van der Waals surface area contributed by atoms with E-state index in [0.29, 0.717) is 17.9 Å². The van der Waals surface area contributed by atoms with Crippen LogP contribution in [-0.4, -0.2) is 32.5 Å². The summed E-state index contributed by atoms with van der Waals surface area (Å²) in [6.45, 7) is 1.32. The molecule has 2 aromatic heterocycles. The van der Waals surface area contributed by atoms with Crippen LogP contribution in [0.3, 0.4) is 0 Å². The molecule has 0 aliphatic rings. The molecular formula is C20H19ClFN5OS. The average Bonchev–Trinajstić information content (AvgIpc) is 3.38. The van der Waals surface area contributed by atoms with E-state index in [1.807, 2.05) is 36.4 Å². The number of nitrogens with zero attached hydrogens (tertiary/aromatic N) is 4. The minimum Gasteiger partial charge on any atom is -0.460 e. The zero-order valence-electron chi connectivity index (χ0n) is 15.4. The number of furan rings is 1. The Hall–Kier alpha value is -2.68. The fourth-order valence-corrected chi connectivity index (χ4v) is 3.49. The third-order valence-electron chi connectivity index (χ3n) is 4.05. The van der Waals surface area contributed by atoms with E-state index in [2.05, 4.69) is 20.8 Å². The van der Waals surface area contributed by atoms with E-state index in [4.69, 9.17) is 4.42 Å². The summed E-state index contributed by atoms with van der Waals surface area (Å²) in [5.41, 5.74) is 1.40. The van der Waals surface area contributed by atoms with Crippen LogP contribution in [0.5, 0.6) is 0 Å². The highest BCUT2D eigenvalue weighted by molar-refractivity contribution is 7.99. The molecule has 9 heteroatoms. The van der Waals surface area contributed by atoms with Gasteiger partial charge in [-0.3, -0.25) is 0 Å². The maximum atomic E-state index is 13.8. The number of halogens is 2. The Morgan fingerprint density at radius 1 is 1.00 bits per heavy atom. The second-order valence-corrected chi connectivity index (χ2v) is 7.04.